The van der Waals surface area contributed by atoms with Crippen molar-refractivity contribution in [3.05, 3.63) is 22.7 Å². The van der Waals surface area contributed by atoms with E-state index in [-0.39, 0.29) is 23.6 Å². The highest BCUT2D eigenvalue weighted by Gasteiger charge is 2.15. The number of carbonyl (C=O) groups excluding carboxylic acids is 1. The second-order valence-corrected chi connectivity index (χ2v) is 4.00. The topological polar surface area (TPSA) is 84.9 Å². The smallest absolute Gasteiger partial charge is 0.305 e. The third-order valence-corrected chi connectivity index (χ3v) is 2.60. The van der Waals surface area contributed by atoms with Gasteiger partial charge in [0.2, 0.25) is 0 Å². The van der Waals surface area contributed by atoms with E-state index < -0.39 is 11.9 Å². The van der Waals surface area contributed by atoms with Crippen molar-refractivity contribution < 1.29 is 24.2 Å². The number of carbonyl (C=O) groups is 2. The number of hydrogen-bond donors (Lipinski definition) is 2. The number of methoxy groups -OCH3 is 2. The quantitative estimate of drug-likeness (QED) is 0.829. The highest BCUT2D eigenvalue weighted by Crippen LogP contribution is 2.35. The average Bonchev–Trinajstić information content (AvgIpc) is 2.37. The number of rotatable bonds is 6. The molecule has 1 amide bonds. The molecular weight excluding hydrogens is 274 g/mol. The predicted octanol–water partition coefficient (Wildman–Crippen LogP) is 1.56. The Morgan fingerprint density at radius 1 is 1.32 bits per heavy atom. The Kier molecular flexibility index (Phi) is 5.44. The van der Waals surface area contributed by atoms with E-state index in [1.165, 1.54) is 26.4 Å². The van der Waals surface area contributed by atoms with Crippen molar-refractivity contribution in [3.63, 3.8) is 0 Å². The molecule has 0 saturated carbocycles. The van der Waals surface area contributed by atoms with Crippen molar-refractivity contribution in [2.45, 2.75) is 6.42 Å². The summed E-state index contributed by atoms with van der Waals surface area (Å²) in [5, 5.41) is 11.2. The van der Waals surface area contributed by atoms with Crippen LogP contribution in [0, 0.1) is 0 Å². The van der Waals surface area contributed by atoms with E-state index in [1.807, 2.05) is 0 Å². The second-order valence-electron chi connectivity index (χ2n) is 3.59. The van der Waals surface area contributed by atoms with Gasteiger partial charge < -0.3 is 19.9 Å². The van der Waals surface area contributed by atoms with Crippen LogP contribution in [-0.4, -0.2) is 37.7 Å². The number of halogens is 1. The van der Waals surface area contributed by atoms with Crippen molar-refractivity contribution >= 4 is 23.5 Å². The van der Waals surface area contributed by atoms with Gasteiger partial charge in [0.25, 0.3) is 5.91 Å². The Morgan fingerprint density at radius 2 is 2.00 bits per heavy atom. The molecule has 0 fully saturated rings. The zero-order valence-corrected chi connectivity index (χ0v) is 11.3. The molecule has 0 aliphatic carbocycles. The number of carboxylic acids is 1. The Balaban J connectivity index is 2.86. The minimum absolute atomic E-state index is 0.0418. The lowest BCUT2D eigenvalue weighted by Gasteiger charge is -2.11. The Bertz CT molecular complexity index is 489. The van der Waals surface area contributed by atoms with E-state index in [0.717, 1.165) is 0 Å². The first kappa shape index (κ1) is 15.1. The van der Waals surface area contributed by atoms with Gasteiger partial charge in [-0.25, -0.2) is 0 Å². The number of carboxylic acid groups (broad SMARTS) is 1. The molecule has 0 aromatic heterocycles. The number of aliphatic carboxylic acids is 1. The van der Waals surface area contributed by atoms with Gasteiger partial charge in [-0.05, 0) is 12.1 Å². The summed E-state index contributed by atoms with van der Waals surface area (Å²) in [6.45, 7) is 0.0418. The molecular formula is C12H14ClNO5. The van der Waals surface area contributed by atoms with Gasteiger partial charge in [0, 0.05) is 12.1 Å². The summed E-state index contributed by atoms with van der Waals surface area (Å²) >= 11 is 5.96. The van der Waals surface area contributed by atoms with E-state index in [1.54, 1.807) is 0 Å². The molecule has 6 nitrogen and oxygen atoms in total. The molecule has 1 aromatic rings. The molecule has 104 valence electrons. The fraction of sp³-hybridized carbons (Fsp3) is 0.333. The maximum absolute atomic E-state index is 11.8. The van der Waals surface area contributed by atoms with Gasteiger partial charge in [0.1, 0.15) is 0 Å². The lowest BCUT2D eigenvalue weighted by atomic mass is 10.2. The summed E-state index contributed by atoms with van der Waals surface area (Å²) in [6, 6.07) is 2.90. The molecule has 0 atom stereocenters. The molecule has 0 aliphatic rings. The van der Waals surface area contributed by atoms with Crippen molar-refractivity contribution in [2.24, 2.45) is 0 Å². The molecule has 2 N–H and O–H groups in total. The number of benzene rings is 1. The normalized spacial score (nSPS) is 9.84. The number of hydrogen-bond acceptors (Lipinski definition) is 4. The molecule has 0 heterocycles. The molecule has 0 aliphatic heterocycles. The summed E-state index contributed by atoms with van der Waals surface area (Å²) in [5.74, 6) is -0.737. The van der Waals surface area contributed by atoms with Crippen LogP contribution in [0.25, 0.3) is 0 Å². The molecule has 0 unspecified atom stereocenters. The van der Waals surface area contributed by atoms with Crippen LogP contribution >= 0.6 is 11.6 Å². The van der Waals surface area contributed by atoms with Gasteiger partial charge in [-0.1, -0.05) is 11.6 Å². The molecule has 7 heteroatoms. The van der Waals surface area contributed by atoms with Crippen LogP contribution < -0.4 is 14.8 Å². The third kappa shape index (κ3) is 4.03. The summed E-state index contributed by atoms with van der Waals surface area (Å²) in [7, 11) is 2.87. The maximum atomic E-state index is 11.8. The number of ether oxygens (including phenoxy) is 2. The van der Waals surface area contributed by atoms with Gasteiger partial charge in [0.15, 0.2) is 11.5 Å². The average molecular weight is 288 g/mol. The van der Waals surface area contributed by atoms with Crippen molar-refractivity contribution in [2.75, 3.05) is 20.8 Å². The van der Waals surface area contributed by atoms with Crippen LogP contribution in [0.2, 0.25) is 5.02 Å². The van der Waals surface area contributed by atoms with E-state index in [4.69, 9.17) is 26.2 Å². The molecule has 1 rings (SSSR count). The third-order valence-electron chi connectivity index (χ3n) is 2.32. The largest absolute Gasteiger partial charge is 0.493 e. The summed E-state index contributed by atoms with van der Waals surface area (Å²) in [4.78, 5) is 22.1. The predicted molar refractivity (Wildman–Crippen MR) is 69.1 cm³/mol. The zero-order chi connectivity index (χ0) is 14.4. The maximum Gasteiger partial charge on any atom is 0.305 e. The first-order chi connectivity index (χ1) is 8.99. The van der Waals surface area contributed by atoms with Crippen LogP contribution in [-0.2, 0) is 4.79 Å². The molecule has 1 aromatic carbocycles. The van der Waals surface area contributed by atoms with E-state index in [9.17, 15) is 9.59 Å². The Morgan fingerprint density at radius 3 is 2.53 bits per heavy atom. The fourth-order valence-electron chi connectivity index (χ4n) is 1.43. The van der Waals surface area contributed by atoms with Crippen molar-refractivity contribution in [1.82, 2.24) is 5.32 Å². The lowest BCUT2D eigenvalue weighted by molar-refractivity contribution is -0.136. The summed E-state index contributed by atoms with van der Waals surface area (Å²) in [6.07, 6.45) is -0.146. The fourth-order valence-corrected chi connectivity index (χ4v) is 1.72. The molecule has 0 bridgehead atoms. The summed E-state index contributed by atoms with van der Waals surface area (Å²) < 4.78 is 10.1. The van der Waals surface area contributed by atoms with Crippen molar-refractivity contribution in [1.29, 1.82) is 0 Å². The highest BCUT2D eigenvalue weighted by atomic mass is 35.5. The minimum atomic E-state index is -0.981. The van der Waals surface area contributed by atoms with Gasteiger partial charge >= 0.3 is 5.97 Å². The number of amides is 1. The Labute approximate surface area is 115 Å². The molecule has 0 spiro atoms. The van der Waals surface area contributed by atoms with Crippen molar-refractivity contribution in [3.8, 4) is 11.5 Å². The molecule has 0 saturated heterocycles. The van der Waals surface area contributed by atoms with Gasteiger partial charge in [-0.15, -0.1) is 0 Å². The Hall–Kier alpha value is -1.95. The standard InChI is InChI=1S/C12H14ClNO5/c1-18-9-6-7(5-8(13)11(9)19-2)12(17)14-4-3-10(15)16/h5-6H,3-4H2,1-2H3,(H,14,17)(H,15,16). The van der Waals surface area contributed by atoms with E-state index in [2.05, 4.69) is 5.32 Å². The first-order valence-electron chi connectivity index (χ1n) is 5.41. The monoisotopic (exact) mass is 287 g/mol. The van der Waals surface area contributed by atoms with Gasteiger partial charge in [0.05, 0.1) is 25.7 Å². The number of nitrogens with one attached hydrogen (secondary N) is 1. The summed E-state index contributed by atoms with van der Waals surface area (Å²) in [5.41, 5.74) is 0.271. The van der Waals surface area contributed by atoms with Gasteiger partial charge in [-0.3, -0.25) is 9.59 Å². The van der Waals surface area contributed by atoms with E-state index in [0.29, 0.717) is 11.5 Å². The lowest BCUT2D eigenvalue weighted by Crippen LogP contribution is -2.26. The molecule has 0 radical (unpaired) electrons. The minimum Gasteiger partial charge on any atom is -0.493 e. The van der Waals surface area contributed by atoms with Crippen LogP contribution in [0.5, 0.6) is 11.5 Å². The van der Waals surface area contributed by atoms with E-state index >= 15 is 0 Å². The zero-order valence-electron chi connectivity index (χ0n) is 10.5. The van der Waals surface area contributed by atoms with Crippen LogP contribution in [0.3, 0.4) is 0 Å². The van der Waals surface area contributed by atoms with Gasteiger partial charge in [-0.2, -0.15) is 0 Å². The first-order valence-corrected chi connectivity index (χ1v) is 5.79. The molecule has 19 heavy (non-hydrogen) atoms. The van der Waals surface area contributed by atoms with Crippen LogP contribution in [0.15, 0.2) is 12.1 Å². The SMILES string of the molecule is COc1cc(C(=O)NCCC(=O)O)cc(Cl)c1OC. The van der Waals surface area contributed by atoms with Crippen LogP contribution in [0.4, 0.5) is 0 Å². The second kappa shape index (κ2) is 6.84. The van der Waals surface area contributed by atoms with Crippen LogP contribution in [0.1, 0.15) is 16.8 Å². The highest BCUT2D eigenvalue weighted by molar-refractivity contribution is 6.32.